The fourth-order valence-electron chi connectivity index (χ4n) is 5.92. The molecule has 4 N–H and O–H groups in total. The van der Waals surface area contributed by atoms with Crippen LogP contribution in [-0.4, -0.2) is 58.0 Å². The van der Waals surface area contributed by atoms with Crippen LogP contribution in [-0.2, 0) is 4.74 Å². The molecule has 1 atom stereocenters. The van der Waals surface area contributed by atoms with Gasteiger partial charge in [0.05, 0.1) is 17.4 Å². The van der Waals surface area contributed by atoms with E-state index in [2.05, 4.69) is 47.9 Å². The second-order valence-electron chi connectivity index (χ2n) is 12.2. The standard InChI is InChI=1S/C28H41ClN6O3S/c1-27(2,3)25(38-26(30)37)28(4)10-13-35(14-11-28)21-15-33-22(16-32-21)39-20-9-12-31-24(23(20)29)34-19-7-5-18(17-36)6-8-19/h9,12,15-16,18-19,25,36H,5-8,10-11,13-14,17H2,1-4H3,(H2,30,37)(H,31,34). The van der Waals surface area contributed by atoms with Gasteiger partial charge in [-0.25, -0.2) is 19.7 Å². The second kappa shape index (κ2) is 12.5. The number of halogens is 1. The van der Waals surface area contributed by atoms with Crippen molar-refractivity contribution >= 4 is 41.1 Å². The first-order chi connectivity index (χ1) is 18.5. The van der Waals surface area contributed by atoms with E-state index in [-0.39, 0.29) is 23.5 Å². The molecule has 1 aliphatic heterocycles. The van der Waals surface area contributed by atoms with Crippen molar-refractivity contribution in [3.8, 4) is 0 Å². The summed E-state index contributed by atoms with van der Waals surface area (Å²) < 4.78 is 5.60. The quantitative estimate of drug-likeness (QED) is 0.359. The van der Waals surface area contributed by atoms with Gasteiger partial charge in [0.15, 0.2) is 0 Å². The van der Waals surface area contributed by atoms with Crippen molar-refractivity contribution < 1.29 is 14.6 Å². The number of aliphatic hydroxyl groups excluding tert-OH is 1. The summed E-state index contributed by atoms with van der Waals surface area (Å²) in [6.07, 6.45) is 10.1. The summed E-state index contributed by atoms with van der Waals surface area (Å²) in [6, 6.07) is 2.20. The second-order valence-corrected chi connectivity index (χ2v) is 13.6. The number of amides is 1. The summed E-state index contributed by atoms with van der Waals surface area (Å²) in [4.78, 5) is 28.5. The fraction of sp³-hybridized carbons (Fsp3) is 0.643. The maximum Gasteiger partial charge on any atom is 0.404 e. The summed E-state index contributed by atoms with van der Waals surface area (Å²) in [5.74, 6) is 1.91. The predicted molar refractivity (Wildman–Crippen MR) is 155 cm³/mol. The van der Waals surface area contributed by atoms with Crippen LogP contribution < -0.4 is 16.0 Å². The van der Waals surface area contributed by atoms with E-state index in [0.717, 1.165) is 67.4 Å². The molecule has 9 nitrogen and oxygen atoms in total. The Kier molecular flexibility index (Phi) is 9.49. The Morgan fingerprint density at radius 1 is 1.23 bits per heavy atom. The van der Waals surface area contributed by atoms with Gasteiger partial charge in [-0.1, -0.05) is 51.1 Å². The molecular weight excluding hydrogens is 536 g/mol. The summed E-state index contributed by atoms with van der Waals surface area (Å²) >= 11 is 8.19. The minimum absolute atomic E-state index is 0.172. The Morgan fingerprint density at radius 2 is 1.92 bits per heavy atom. The summed E-state index contributed by atoms with van der Waals surface area (Å²) in [5.41, 5.74) is 5.01. The zero-order valence-electron chi connectivity index (χ0n) is 23.3. The Bertz CT molecular complexity index is 1110. The van der Waals surface area contributed by atoms with Crippen molar-refractivity contribution in [2.75, 3.05) is 29.9 Å². The van der Waals surface area contributed by atoms with Crippen LogP contribution in [0.4, 0.5) is 16.4 Å². The molecule has 1 unspecified atom stereocenters. The number of primary amides is 1. The molecule has 0 bridgehead atoms. The van der Waals surface area contributed by atoms with E-state index in [0.29, 0.717) is 22.8 Å². The minimum atomic E-state index is -0.722. The zero-order valence-corrected chi connectivity index (χ0v) is 24.9. The number of carbonyl (C=O) groups excluding carboxylic acids is 1. The SMILES string of the molecule is CC(C)(C)C(OC(N)=O)C1(C)CCN(c2cnc(Sc3ccnc(NC4CCC(CO)CC4)c3Cl)cn2)CC1. The molecule has 2 aromatic heterocycles. The molecule has 2 aromatic rings. The number of rotatable bonds is 8. The third kappa shape index (κ3) is 7.46. The maximum absolute atomic E-state index is 11.6. The van der Waals surface area contributed by atoms with Gasteiger partial charge in [-0.2, -0.15) is 0 Å². The number of aliphatic hydroxyl groups is 1. The van der Waals surface area contributed by atoms with Crippen molar-refractivity contribution in [3.05, 3.63) is 29.7 Å². The van der Waals surface area contributed by atoms with Crippen LogP contribution >= 0.6 is 23.4 Å². The molecule has 0 radical (unpaired) electrons. The summed E-state index contributed by atoms with van der Waals surface area (Å²) in [7, 11) is 0. The van der Waals surface area contributed by atoms with Crippen molar-refractivity contribution in [1.82, 2.24) is 15.0 Å². The third-order valence-electron chi connectivity index (χ3n) is 8.01. The van der Waals surface area contributed by atoms with E-state index >= 15 is 0 Å². The smallest absolute Gasteiger partial charge is 0.404 e. The number of ether oxygens (including phenoxy) is 1. The molecule has 0 aromatic carbocycles. The Labute approximate surface area is 240 Å². The zero-order chi connectivity index (χ0) is 28.2. The molecule has 39 heavy (non-hydrogen) atoms. The molecule has 214 valence electrons. The lowest BCUT2D eigenvalue weighted by molar-refractivity contribution is -0.0598. The molecule has 1 aliphatic carbocycles. The maximum atomic E-state index is 11.6. The number of hydrogen-bond donors (Lipinski definition) is 3. The third-order valence-corrected chi connectivity index (χ3v) is 9.49. The summed E-state index contributed by atoms with van der Waals surface area (Å²) in [5, 5.41) is 14.2. The molecule has 11 heteroatoms. The molecule has 1 amide bonds. The van der Waals surface area contributed by atoms with Gasteiger partial charge in [0, 0.05) is 42.2 Å². The van der Waals surface area contributed by atoms with Gasteiger partial charge < -0.3 is 25.8 Å². The van der Waals surface area contributed by atoms with Gasteiger partial charge in [-0.05, 0) is 55.9 Å². The Balaban J connectivity index is 1.36. The van der Waals surface area contributed by atoms with Gasteiger partial charge in [0.1, 0.15) is 22.8 Å². The number of anilines is 2. The number of aromatic nitrogens is 3. The first-order valence-electron chi connectivity index (χ1n) is 13.7. The minimum Gasteiger partial charge on any atom is -0.445 e. The lowest BCUT2D eigenvalue weighted by atomic mass is 9.67. The van der Waals surface area contributed by atoms with E-state index in [1.165, 1.54) is 11.8 Å². The topological polar surface area (TPSA) is 126 Å². The van der Waals surface area contributed by atoms with Crippen molar-refractivity contribution in [3.63, 3.8) is 0 Å². The lowest BCUT2D eigenvalue weighted by Gasteiger charge is -2.48. The van der Waals surface area contributed by atoms with Crippen LogP contribution in [0.3, 0.4) is 0 Å². The highest BCUT2D eigenvalue weighted by Gasteiger charge is 2.45. The normalized spacial score (nSPS) is 22.3. The van der Waals surface area contributed by atoms with Gasteiger partial charge in [0.2, 0.25) is 0 Å². The summed E-state index contributed by atoms with van der Waals surface area (Å²) in [6.45, 7) is 10.3. The first-order valence-corrected chi connectivity index (χ1v) is 14.9. The molecule has 2 aliphatic rings. The fourth-order valence-corrected chi connectivity index (χ4v) is 6.95. The van der Waals surface area contributed by atoms with Gasteiger partial charge in [0.25, 0.3) is 0 Å². The van der Waals surface area contributed by atoms with Crippen LogP contribution in [0.1, 0.15) is 66.2 Å². The molecular formula is C28H41ClN6O3S. The molecule has 1 saturated carbocycles. The molecule has 3 heterocycles. The van der Waals surface area contributed by atoms with E-state index in [9.17, 15) is 9.90 Å². The van der Waals surface area contributed by atoms with E-state index in [1.54, 1.807) is 18.6 Å². The van der Waals surface area contributed by atoms with E-state index < -0.39 is 6.09 Å². The Hall–Kier alpha value is -2.30. The van der Waals surface area contributed by atoms with Crippen molar-refractivity contribution in [1.29, 1.82) is 0 Å². The number of carbonyl (C=O) groups is 1. The largest absolute Gasteiger partial charge is 0.445 e. The van der Waals surface area contributed by atoms with E-state index in [4.69, 9.17) is 27.1 Å². The van der Waals surface area contributed by atoms with Crippen LogP contribution in [0.5, 0.6) is 0 Å². The Morgan fingerprint density at radius 3 is 2.49 bits per heavy atom. The van der Waals surface area contributed by atoms with Crippen molar-refractivity contribution in [2.24, 2.45) is 22.5 Å². The van der Waals surface area contributed by atoms with Crippen LogP contribution in [0, 0.1) is 16.7 Å². The van der Waals surface area contributed by atoms with Gasteiger partial charge in [-0.15, -0.1) is 0 Å². The van der Waals surface area contributed by atoms with Crippen molar-refractivity contribution in [2.45, 2.75) is 88.3 Å². The number of hydrogen-bond acceptors (Lipinski definition) is 9. The van der Waals surface area contributed by atoms with Crippen LogP contribution in [0.2, 0.25) is 5.02 Å². The highest BCUT2D eigenvalue weighted by atomic mass is 35.5. The monoisotopic (exact) mass is 576 g/mol. The highest BCUT2D eigenvalue weighted by Crippen LogP contribution is 2.44. The number of nitrogens with two attached hydrogens (primary N) is 1. The number of nitrogens with zero attached hydrogens (tertiary/aromatic N) is 4. The lowest BCUT2D eigenvalue weighted by Crippen LogP contribution is -2.51. The average molecular weight is 577 g/mol. The predicted octanol–water partition coefficient (Wildman–Crippen LogP) is 5.76. The number of nitrogens with one attached hydrogen (secondary N) is 1. The molecule has 1 saturated heterocycles. The van der Waals surface area contributed by atoms with Gasteiger partial charge >= 0.3 is 6.09 Å². The van der Waals surface area contributed by atoms with E-state index in [1.807, 2.05) is 6.07 Å². The molecule has 4 rings (SSSR count). The highest BCUT2D eigenvalue weighted by molar-refractivity contribution is 7.99. The van der Waals surface area contributed by atoms with Crippen LogP contribution in [0.25, 0.3) is 0 Å². The average Bonchev–Trinajstić information content (AvgIpc) is 2.90. The number of pyridine rings is 1. The molecule has 2 fully saturated rings. The number of piperidine rings is 1. The van der Waals surface area contributed by atoms with Crippen LogP contribution in [0.15, 0.2) is 34.6 Å². The van der Waals surface area contributed by atoms with Gasteiger partial charge in [-0.3, -0.25) is 0 Å². The first kappa shape index (κ1) is 29.7. The molecule has 0 spiro atoms.